The minimum absolute atomic E-state index is 0.158. The van der Waals surface area contributed by atoms with Gasteiger partial charge in [-0.3, -0.25) is 0 Å². The Hall–Kier alpha value is -4.97. The summed E-state index contributed by atoms with van der Waals surface area (Å²) in [7, 11) is 0. The van der Waals surface area contributed by atoms with Gasteiger partial charge in [0.1, 0.15) is 51.8 Å². The summed E-state index contributed by atoms with van der Waals surface area (Å²) in [5.41, 5.74) is -4.36. The minimum Gasteiger partial charge on any atom is -0.429 e. The van der Waals surface area contributed by atoms with E-state index < -0.39 is 69.6 Å². The van der Waals surface area contributed by atoms with Crippen LogP contribution in [0.15, 0.2) is 60.7 Å². The van der Waals surface area contributed by atoms with E-state index in [2.05, 4.69) is 28.4 Å². The van der Waals surface area contributed by atoms with Crippen LogP contribution < -0.4 is 4.74 Å². The average Bonchev–Trinajstić information content (AvgIpc) is 2.93. The lowest BCUT2D eigenvalue weighted by atomic mass is 10.0. The zero-order chi connectivity index (χ0) is 33.8. The molecule has 12 heteroatoms. The summed E-state index contributed by atoms with van der Waals surface area (Å²) in [6.45, 7) is 1.84. The number of aryl methyl sites for hydroxylation is 1. The van der Waals surface area contributed by atoms with Gasteiger partial charge in [0.2, 0.25) is 0 Å². The highest BCUT2D eigenvalue weighted by Crippen LogP contribution is 2.37. The Bertz CT molecular complexity index is 1820. The van der Waals surface area contributed by atoms with Gasteiger partial charge >= 0.3 is 12.3 Å². The molecule has 0 bridgehead atoms. The molecule has 0 aromatic heterocycles. The second-order valence-corrected chi connectivity index (χ2v) is 9.81. The Morgan fingerprint density at radius 2 is 1.02 bits per heavy atom. The van der Waals surface area contributed by atoms with Crippen LogP contribution in [-0.2, 0) is 18.7 Å². The van der Waals surface area contributed by atoms with Crippen molar-refractivity contribution in [3.05, 3.63) is 135 Å². The standard InChI is InChI=1S/C34H19F11O/c1-2-3-4-21-13-29(39)32(30(40)14-21)34(44,45)46-23-17-25(35)24(26(36)18-23)12-11-20-7-5-19(6-8-20)9-10-22-15-27(37)31(28(38)16-22)33(41,42)43/h5-8,13-18H,2-4H2,1H3. The van der Waals surface area contributed by atoms with Gasteiger partial charge in [-0.2, -0.15) is 22.0 Å². The van der Waals surface area contributed by atoms with Crippen molar-refractivity contribution in [2.45, 2.75) is 38.5 Å². The van der Waals surface area contributed by atoms with Crippen molar-refractivity contribution in [3.63, 3.8) is 0 Å². The van der Waals surface area contributed by atoms with E-state index in [0.29, 0.717) is 37.1 Å². The Morgan fingerprint density at radius 3 is 1.50 bits per heavy atom. The van der Waals surface area contributed by atoms with Crippen molar-refractivity contribution in [1.29, 1.82) is 0 Å². The number of hydrogen-bond acceptors (Lipinski definition) is 1. The first kappa shape index (κ1) is 33.9. The van der Waals surface area contributed by atoms with Gasteiger partial charge in [0.15, 0.2) is 0 Å². The maximum absolute atomic E-state index is 14.7. The van der Waals surface area contributed by atoms with Crippen LogP contribution in [0.4, 0.5) is 48.3 Å². The number of rotatable bonds is 6. The summed E-state index contributed by atoms with van der Waals surface area (Å²) >= 11 is 0. The number of hydrogen-bond donors (Lipinski definition) is 0. The molecule has 0 amide bonds. The molecule has 0 unspecified atom stereocenters. The largest absolute Gasteiger partial charge is 0.432 e. The lowest BCUT2D eigenvalue weighted by molar-refractivity contribution is -0.189. The van der Waals surface area contributed by atoms with Crippen molar-refractivity contribution in [3.8, 4) is 29.4 Å². The Morgan fingerprint density at radius 1 is 0.565 bits per heavy atom. The Kier molecular flexibility index (Phi) is 10.0. The Balaban J connectivity index is 1.50. The van der Waals surface area contributed by atoms with Crippen molar-refractivity contribution in [2.75, 3.05) is 0 Å². The molecule has 238 valence electrons. The van der Waals surface area contributed by atoms with E-state index in [4.69, 9.17) is 0 Å². The highest BCUT2D eigenvalue weighted by molar-refractivity contribution is 5.49. The van der Waals surface area contributed by atoms with Crippen LogP contribution in [0.25, 0.3) is 0 Å². The van der Waals surface area contributed by atoms with Crippen LogP contribution in [-0.4, -0.2) is 0 Å². The molecule has 0 atom stereocenters. The first-order valence-electron chi connectivity index (χ1n) is 13.3. The first-order chi connectivity index (χ1) is 21.6. The van der Waals surface area contributed by atoms with Crippen LogP contribution in [0, 0.1) is 58.6 Å². The molecule has 0 aliphatic heterocycles. The predicted molar refractivity (Wildman–Crippen MR) is 146 cm³/mol. The third-order valence-electron chi connectivity index (χ3n) is 6.37. The van der Waals surface area contributed by atoms with Gasteiger partial charge in [0.05, 0.1) is 5.56 Å². The van der Waals surface area contributed by atoms with Crippen LogP contribution >= 0.6 is 0 Å². The fourth-order valence-corrected chi connectivity index (χ4v) is 4.19. The van der Waals surface area contributed by atoms with Gasteiger partial charge in [-0.1, -0.05) is 37.0 Å². The highest BCUT2D eigenvalue weighted by atomic mass is 19.4. The SMILES string of the molecule is CCCCc1cc(F)c(C(F)(F)Oc2cc(F)c(C#Cc3ccc(C#Cc4cc(F)c(C(F)(F)F)c(F)c4)cc3)c(F)c2)c(F)c1. The molecule has 0 radical (unpaired) electrons. The summed E-state index contributed by atoms with van der Waals surface area (Å²) in [5.74, 6) is -1.26. The third-order valence-corrected chi connectivity index (χ3v) is 6.37. The second-order valence-electron chi connectivity index (χ2n) is 9.81. The normalized spacial score (nSPS) is 11.4. The average molecular weight is 653 g/mol. The molecule has 0 fully saturated rings. The van der Waals surface area contributed by atoms with Gasteiger partial charge in [-0.25, -0.2) is 26.3 Å². The molecule has 0 saturated heterocycles. The van der Waals surface area contributed by atoms with Crippen molar-refractivity contribution in [1.82, 2.24) is 0 Å². The van der Waals surface area contributed by atoms with Crippen molar-refractivity contribution in [2.24, 2.45) is 0 Å². The van der Waals surface area contributed by atoms with Gasteiger partial charge in [0.25, 0.3) is 0 Å². The maximum atomic E-state index is 14.7. The van der Waals surface area contributed by atoms with Gasteiger partial charge < -0.3 is 4.74 Å². The van der Waals surface area contributed by atoms with E-state index >= 15 is 0 Å². The molecule has 0 spiro atoms. The summed E-state index contributed by atoms with van der Waals surface area (Å²) < 4.78 is 157. The molecule has 4 aromatic rings. The summed E-state index contributed by atoms with van der Waals surface area (Å²) in [6, 6.07) is 8.49. The van der Waals surface area contributed by atoms with Crippen LogP contribution in [0.2, 0.25) is 0 Å². The molecule has 0 heterocycles. The third kappa shape index (κ3) is 7.99. The number of unbranched alkanes of at least 4 members (excludes halogenated alkanes) is 1. The van der Waals surface area contributed by atoms with Gasteiger partial charge in [0, 0.05) is 28.8 Å². The van der Waals surface area contributed by atoms with E-state index in [-0.39, 0.29) is 28.7 Å². The number of ether oxygens (including phenoxy) is 1. The van der Waals surface area contributed by atoms with E-state index in [1.165, 1.54) is 24.3 Å². The van der Waals surface area contributed by atoms with Crippen molar-refractivity contribution >= 4 is 0 Å². The molecular formula is C34H19F11O. The fourth-order valence-electron chi connectivity index (χ4n) is 4.19. The lowest BCUT2D eigenvalue weighted by Crippen LogP contribution is -2.25. The summed E-state index contributed by atoms with van der Waals surface area (Å²) in [6.07, 6.45) is -8.32. The molecule has 4 rings (SSSR count). The molecule has 0 saturated carbocycles. The zero-order valence-electron chi connectivity index (χ0n) is 23.5. The van der Waals surface area contributed by atoms with Crippen LogP contribution in [0.5, 0.6) is 5.75 Å². The number of alkyl halides is 5. The first-order valence-corrected chi connectivity index (χ1v) is 13.3. The van der Waals surface area contributed by atoms with Gasteiger partial charge in [-0.05, 0) is 66.9 Å². The topological polar surface area (TPSA) is 9.23 Å². The molecular weight excluding hydrogens is 633 g/mol. The molecule has 0 aliphatic rings. The molecule has 46 heavy (non-hydrogen) atoms. The minimum atomic E-state index is -5.23. The van der Waals surface area contributed by atoms with Crippen LogP contribution in [0.3, 0.4) is 0 Å². The quantitative estimate of drug-likeness (QED) is 0.149. The van der Waals surface area contributed by atoms with Crippen LogP contribution in [0.1, 0.15) is 58.7 Å². The lowest BCUT2D eigenvalue weighted by Gasteiger charge is -2.20. The van der Waals surface area contributed by atoms with E-state index in [1.54, 1.807) is 0 Å². The van der Waals surface area contributed by atoms with Gasteiger partial charge in [-0.15, -0.1) is 0 Å². The summed E-state index contributed by atoms with van der Waals surface area (Å²) in [5, 5.41) is 0. The Labute approximate surface area is 255 Å². The monoisotopic (exact) mass is 652 g/mol. The molecule has 0 N–H and O–H groups in total. The maximum Gasteiger partial charge on any atom is 0.432 e. The van der Waals surface area contributed by atoms with E-state index in [9.17, 15) is 48.3 Å². The zero-order valence-corrected chi connectivity index (χ0v) is 23.5. The smallest absolute Gasteiger partial charge is 0.429 e. The van der Waals surface area contributed by atoms with E-state index in [1.807, 2.05) is 6.92 Å². The number of halogens is 11. The van der Waals surface area contributed by atoms with Crippen molar-refractivity contribution < 1.29 is 53.0 Å². The molecule has 1 nitrogen and oxygen atoms in total. The van der Waals surface area contributed by atoms with E-state index in [0.717, 1.165) is 12.1 Å². The predicted octanol–water partition coefficient (Wildman–Crippen LogP) is 9.81. The second kappa shape index (κ2) is 13.6. The summed E-state index contributed by atoms with van der Waals surface area (Å²) in [4.78, 5) is 0. The fraction of sp³-hybridized carbons (Fsp3) is 0.176. The number of benzene rings is 4. The highest BCUT2D eigenvalue weighted by Gasteiger charge is 2.41. The molecule has 4 aromatic carbocycles. The molecule has 0 aliphatic carbocycles.